The fourth-order valence-corrected chi connectivity index (χ4v) is 4.16. The zero-order chi connectivity index (χ0) is 27.1. The maximum atomic E-state index is 13.3. The first-order valence-electron chi connectivity index (χ1n) is 12.0. The van der Waals surface area contributed by atoms with E-state index in [0.717, 1.165) is 0 Å². The second kappa shape index (κ2) is 12.7. The topological polar surface area (TPSA) is 131 Å². The number of hydrogen-bond acceptors (Lipinski definition) is 9. The van der Waals surface area contributed by atoms with Crippen molar-refractivity contribution in [2.75, 3.05) is 20.3 Å². The van der Waals surface area contributed by atoms with Gasteiger partial charge in [-0.1, -0.05) is 18.7 Å². The molecule has 0 bridgehead atoms. The van der Waals surface area contributed by atoms with Crippen LogP contribution in [0, 0.1) is 5.92 Å². The van der Waals surface area contributed by atoms with Crippen molar-refractivity contribution in [2.24, 2.45) is 5.92 Å². The molecule has 2 rings (SSSR count). The van der Waals surface area contributed by atoms with Crippen LogP contribution < -0.4 is 10.6 Å². The zero-order valence-corrected chi connectivity index (χ0v) is 22.0. The van der Waals surface area contributed by atoms with E-state index in [-0.39, 0.29) is 26.0 Å². The molecule has 2 N–H and O–H groups in total. The SMILES string of the molecule is C=CCOC(=O)CCNC(=O)[C@@H](CC=C)[C@H](NC(=O)OC(C)(C)C)[C@H]1O[C@@H]2OC(C)(C)O[C@@H]2[C@H]1OC. The van der Waals surface area contributed by atoms with Crippen molar-refractivity contribution in [1.82, 2.24) is 10.6 Å². The summed E-state index contributed by atoms with van der Waals surface area (Å²) in [5.74, 6) is -2.58. The third-order valence-electron chi connectivity index (χ3n) is 5.52. The molecule has 2 aliphatic rings. The first kappa shape index (κ1) is 29.8. The van der Waals surface area contributed by atoms with Gasteiger partial charge in [0.15, 0.2) is 12.1 Å². The van der Waals surface area contributed by atoms with Gasteiger partial charge in [0, 0.05) is 13.7 Å². The van der Waals surface area contributed by atoms with E-state index in [1.54, 1.807) is 40.7 Å². The van der Waals surface area contributed by atoms with Gasteiger partial charge in [-0.25, -0.2) is 4.79 Å². The Morgan fingerprint density at radius 2 is 1.83 bits per heavy atom. The van der Waals surface area contributed by atoms with E-state index in [9.17, 15) is 14.4 Å². The lowest BCUT2D eigenvalue weighted by atomic mass is 9.88. The van der Waals surface area contributed by atoms with Crippen LogP contribution in [-0.4, -0.2) is 80.3 Å². The lowest BCUT2D eigenvalue weighted by molar-refractivity contribution is -0.221. The Balaban J connectivity index is 2.24. The molecule has 2 aliphatic heterocycles. The molecule has 2 saturated heterocycles. The highest BCUT2D eigenvalue weighted by molar-refractivity contribution is 5.81. The number of ether oxygens (including phenoxy) is 6. The quantitative estimate of drug-likeness (QED) is 0.298. The lowest BCUT2D eigenvalue weighted by Gasteiger charge is -2.35. The summed E-state index contributed by atoms with van der Waals surface area (Å²) in [4.78, 5) is 37.8. The molecule has 0 radical (unpaired) electrons. The summed E-state index contributed by atoms with van der Waals surface area (Å²) in [7, 11) is 1.50. The Hall–Kier alpha value is -2.47. The molecule has 11 nitrogen and oxygen atoms in total. The Bertz CT molecular complexity index is 808. The predicted octanol–water partition coefficient (Wildman–Crippen LogP) is 2.20. The number of rotatable bonds is 12. The molecular formula is C25H40N2O9. The molecule has 0 spiro atoms. The van der Waals surface area contributed by atoms with Crippen LogP contribution in [0.5, 0.6) is 0 Å². The molecule has 6 atom stereocenters. The number of allylic oxidation sites excluding steroid dienone is 1. The van der Waals surface area contributed by atoms with Gasteiger partial charge in [-0.15, -0.1) is 6.58 Å². The summed E-state index contributed by atoms with van der Waals surface area (Å²) in [6.07, 6.45) is -0.276. The first-order chi connectivity index (χ1) is 16.8. The molecule has 0 unspecified atom stereocenters. The maximum Gasteiger partial charge on any atom is 0.407 e. The highest BCUT2D eigenvalue weighted by Crippen LogP contribution is 2.40. The van der Waals surface area contributed by atoms with Gasteiger partial charge in [0.25, 0.3) is 0 Å². The Morgan fingerprint density at radius 3 is 2.42 bits per heavy atom. The van der Waals surface area contributed by atoms with Crippen LogP contribution in [0.1, 0.15) is 47.5 Å². The third kappa shape index (κ3) is 8.29. The van der Waals surface area contributed by atoms with Crippen LogP contribution in [0.4, 0.5) is 4.79 Å². The van der Waals surface area contributed by atoms with E-state index in [1.807, 2.05) is 0 Å². The van der Waals surface area contributed by atoms with Gasteiger partial charge in [0.05, 0.1) is 18.4 Å². The number of carbonyl (C=O) groups is 3. The summed E-state index contributed by atoms with van der Waals surface area (Å²) in [6, 6.07) is -0.892. The first-order valence-corrected chi connectivity index (χ1v) is 12.0. The van der Waals surface area contributed by atoms with Crippen molar-refractivity contribution in [2.45, 2.75) is 89.5 Å². The normalized spacial score (nSPS) is 26.3. The van der Waals surface area contributed by atoms with E-state index in [0.29, 0.717) is 0 Å². The zero-order valence-electron chi connectivity index (χ0n) is 22.0. The Morgan fingerprint density at radius 1 is 1.14 bits per heavy atom. The highest BCUT2D eigenvalue weighted by Gasteiger charge is 2.58. The van der Waals surface area contributed by atoms with Crippen LogP contribution in [0.2, 0.25) is 0 Å². The number of methoxy groups -OCH3 is 1. The molecule has 2 heterocycles. The summed E-state index contributed by atoms with van der Waals surface area (Å²) < 4.78 is 34.0. The summed E-state index contributed by atoms with van der Waals surface area (Å²) >= 11 is 0. The molecule has 204 valence electrons. The number of amides is 2. The van der Waals surface area contributed by atoms with E-state index < -0.39 is 65.9 Å². The average molecular weight is 513 g/mol. The lowest BCUT2D eigenvalue weighted by Crippen LogP contribution is -2.57. The minimum absolute atomic E-state index is 0.0217. The van der Waals surface area contributed by atoms with Crippen molar-refractivity contribution in [3.8, 4) is 0 Å². The van der Waals surface area contributed by atoms with Gasteiger partial charge in [-0.2, -0.15) is 0 Å². The minimum Gasteiger partial charge on any atom is -0.461 e. The van der Waals surface area contributed by atoms with Gasteiger partial charge < -0.3 is 39.1 Å². The number of fused-ring (bicyclic) bond motifs is 1. The molecule has 0 saturated carbocycles. The van der Waals surface area contributed by atoms with Crippen LogP contribution in [0.15, 0.2) is 25.3 Å². The highest BCUT2D eigenvalue weighted by atomic mass is 16.8. The smallest absolute Gasteiger partial charge is 0.407 e. The van der Waals surface area contributed by atoms with Gasteiger partial charge in [0.1, 0.15) is 30.5 Å². The molecule has 2 amide bonds. The van der Waals surface area contributed by atoms with Crippen molar-refractivity contribution in [3.63, 3.8) is 0 Å². The van der Waals surface area contributed by atoms with Crippen molar-refractivity contribution in [1.29, 1.82) is 0 Å². The van der Waals surface area contributed by atoms with Crippen LogP contribution in [0.3, 0.4) is 0 Å². The number of esters is 1. The van der Waals surface area contributed by atoms with E-state index in [4.69, 9.17) is 28.4 Å². The van der Waals surface area contributed by atoms with E-state index in [1.165, 1.54) is 13.2 Å². The predicted molar refractivity (Wildman–Crippen MR) is 130 cm³/mol. The average Bonchev–Trinajstić information content (AvgIpc) is 3.24. The molecule has 0 aromatic carbocycles. The van der Waals surface area contributed by atoms with Gasteiger partial charge in [0.2, 0.25) is 5.91 Å². The van der Waals surface area contributed by atoms with E-state index in [2.05, 4.69) is 23.8 Å². The minimum atomic E-state index is -0.892. The summed E-state index contributed by atoms with van der Waals surface area (Å²) in [5.41, 5.74) is -0.763. The third-order valence-corrected chi connectivity index (χ3v) is 5.52. The maximum absolute atomic E-state index is 13.3. The van der Waals surface area contributed by atoms with Crippen LogP contribution in [-0.2, 0) is 38.0 Å². The summed E-state index contributed by atoms with van der Waals surface area (Å²) in [5, 5.41) is 5.53. The fourth-order valence-electron chi connectivity index (χ4n) is 4.16. The molecule has 2 fully saturated rings. The van der Waals surface area contributed by atoms with Crippen molar-refractivity contribution in [3.05, 3.63) is 25.3 Å². The largest absolute Gasteiger partial charge is 0.461 e. The monoisotopic (exact) mass is 512 g/mol. The van der Waals surface area contributed by atoms with Gasteiger partial charge in [-0.05, 0) is 41.0 Å². The fraction of sp³-hybridized carbons (Fsp3) is 0.720. The number of carbonyl (C=O) groups excluding carboxylic acids is 3. The second-order valence-corrected chi connectivity index (χ2v) is 10.1. The van der Waals surface area contributed by atoms with Crippen molar-refractivity contribution >= 4 is 18.0 Å². The molecule has 0 aromatic rings. The van der Waals surface area contributed by atoms with Crippen molar-refractivity contribution < 1.29 is 42.8 Å². The Kier molecular flexibility index (Phi) is 10.5. The van der Waals surface area contributed by atoms with Gasteiger partial charge >= 0.3 is 12.1 Å². The molecule has 0 aromatic heterocycles. The summed E-state index contributed by atoms with van der Waals surface area (Å²) in [6.45, 7) is 16.1. The second-order valence-electron chi connectivity index (χ2n) is 10.1. The van der Waals surface area contributed by atoms with E-state index >= 15 is 0 Å². The van der Waals surface area contributed by atoms with Gasteiger partial charge in [-0.3, -0.25) is 9.59 Å². The van der Waals surface area contributed by atoms with Crippen LogP contribution >= 0.6 is 0 Å². The molecule has 0 aliphatic carbocycles. The van der Waals surface area contributed by atoms with Crippen LogP contribution in [0.25, 0.3) is 0 Å². The molecule has 11 heteroatoms. The molecular weight excluding hydrogens is 472 g/mol. The number of nitrogens with one attached hydrogen (secondary N) is 2. The molecule has 36 heavy (non-hydrogen) atoms. The Labute approximate surface area is 212 Å². The standard InChI is InChI=1S/C25H40N2O9/c1-9-11-15(21(29)26-13-12-16(28)32-14-10-2)17(27-23(30)36-24(3,4)5)18-19(31-8)20-22(33-18)35-25(6,7)34-20/h9-10,15,17-20,22H,1-2,11-14H2,3-8H3,(H,26,29)(H,27,30)/t15-,17-,18+,19-,20+,22+/m0/s1. The number of hydrogen-bond donors (Lipinski definition) is 2. The number of alkyl carbamates (subject to hydrolysis) is 1.